The van der Waals surface area contributed by atoms with Crippen LogP contribution in [0.5, 0.6) is 0 Å². The minimum absolute atomic E-state index is 0.192. The highest BCUT2D eigenvalue weighted by molar-refractivity contribution is 5.89. The van der Waals surface area contributed by atoms with Gasteiger partial charge in [-0.1, -0.05) is 18.2 Å². The molecule has 1 N–H and O–H groups in total. The van der Waals surface area contributed by atoms with Crippen LogP contribution in [0.1, 0.15) is 16.8 Å². The molecule has 0 amide bonds. The van der Waals surface area contributed by atoms with Gasteiger partial charge in [-0.3, -0.25) is 0 Å². The molecule has 4 heteroatoms. The first-order chi connectivity index (χ1) is 7.25. The molecule has 0 bridgehead atoms. The standard InChI is InChI=1S/C11H13NO3/c13-11(9-4-2-1-3-5-9)15-10-6-7-12(14)8-10/h1-5,10,14H,6-8H2/t10-/m0/s1. The van der Waals surface area contributed by atoms with E-state index in [4.69, 9.17) is 9.94 Å². The zero-order valence-electron chi connectivity index (χ0n) is 8.30. The molecule has 1 heterocycles. The number of carbonyl (C=O) groups is 1. The summed E-state index contributed by atoms with van der Waals surface area (Å²) in [6, 6.07) is 8.87. The van der Waals surface area contributed by atoms with Crippen molar-refractivity contribution in [1.82, 2.24) is 5.06 Å². The Morgan fingerprint density at radius 2 is 2.13 bits per heavy atom. The molecule has 1 aliphatic heterocycles. The highest BCUT2D eigenvalue weighted by Crippen LogP contribution is 2.12. The van der Waals surface area contributed by atoms with Crippen molar-refractivity contribution in [1.29, 1.82) is 0 Å². The zero-order chi connectivity index (χ0) is 10.7. The number of hydroxylamine groups is 2. The minimum atomic E-state index is -0.323. The number of rotatable bonds is 2. The van der Waals surface area contributed by atoms with Crippen LogP contribution in [0, 0.1) is 0 Å². The van der Waals surface area contributed by atoms with E-state index in [2.05, 4.69) is 0 Å². The summed E-state index contributed by atoms with van der Waals surface area (Å²) in [4.78, 5) is 11.6. The van der Waals surface area contributed by atoms with Gasteiger partial charge < -0.3 is 9.94 Å². The average molecular weight is 207 g/mol. The molecule has 1 aliphatic rings. The molecular formula is C11H13NO3. The smallest absolute Gasteiger partial charge is 0.338 e. The first-order valence-electron chi connectivity index (χ1n) is 4.95. The molecule has 0 aromatic heterocycles. The van der Waals surface area contributed by atoms with Crippen molar-refractivity contribution in [2.24, 2.45) is 0 Å². The summed E-state index contributed by atoms with van der Waals surface area (Å²) in [7, 11) is 0. The Balaban J connectivity index is 1.93. The van der Waals surface area contributed by atoms with Crippen LogP contribution in [-0.2, 0) is 4.74 Å². The first-order valence-corrected chi connectivity index (χ1v) is 4.95. The van der Waals surface area contributed by atoms with Crippen LogP contribution in [0.3, 0.4) is 0 Å². The third-order valence-corrected chi connectivity index (χ3v) is 2.41. The van der Waals surface area contributed by atoms with E-state index in [-0.39, 0.29) is 12.1 Å². The summed E-state index contributed by atoms with van der Waals surface area (Å²) in [6.45, 7) is 0.964. The van der Waals surface area contributed by atoms with E-state index in [1.807, 2.05) is 6.07 Å². The van der Waals surface area contributed by atoms with Crippen LogP contribution in [0.4, 0.5) is 0 Å². The fourth-order valence-electron chi connectivity index (χ4n) is 1.60. The molecule has 80 valence electrons. The van der Waals surface area contributed by atoms with Crippen molar-refractivity contribution in [2.45, 2.75) is 12.5 Å². The number of nitrogens with zero attached hydrogens (tertiary/aromatic N) is 1. The van der Waals surface area contributed by atoms with Crippen molar-refractivity contribution in [3.8, 4) is 0 Å². The van der Waals surface area contributed by atoms with Gasteiger partial charge in [-0.15, -0.1) is 0 Å². The molecule has 4 nitrogen and oxygen atoms in total. The highest BCUT2D eigenvalue weighted by Gasteiger charge is 2.24. The molecule has 0 aliphatic carbocycles. The lowest BCUT2D eigenvalue weighted by Crippen LogP contribution is -2.22. The predicted octanol–water partition coefficient (Wildman–Crippen LogP) is 1.31. The highest BCUT2D eigenvalue weighted by atomic mass is 16.6. The third kappa shape index (κ3) is 2.55. The average Bonchev–Trinajstić information content (AvgIpc) is 2.65. The summed E-state index contributed by atoms with van der Waals surface area (Å²) < 4.78 is 5.23. The molecule has 1 aromatic rings. The third-order valence-electron chi connectivity index (χ3n) is 2.41. The Hall–Kier alpha value is -1.39. The molecule has 1 atom stereocenters. The van der Waals surface area contributed by atoms with E-state index in [1.54, 1.807) is 24.3 Å². The van der Waals surface area contributed by atoms with Crippen molar-refractivity contribution < 1.29 is 14.7 Å². The maximum atomic E-state index is 11.6. The van der Waals surface area contributed by atoms with Gasteiger partial charge in [-0.05, 0) is 12.1 Å². The molecular weight excluding hydrogens is 194 g/mol. The quantitative estimate of drug-likeness (QED) is 0.743. The lowest BCUT2D eigenvalue weighted by atomic mass is 10.2. The van der Waals surface area contributed by atoms with Gasteiger partial charge in [0.15, 0.2) is 0 Å². The topological polar surface area (TPSA) is 49.8 Å². The summed E-state index contributed by atoms with van der Waals surface area (Å²) in [5.41, 5.74) is 0.550. The first kappa shape index (κ1) is 10.1. The summed E-state index contributed by atoms with van der Waals surface area (Å²) in [6.07, 6.45) is 0.498. The largest absolute Gasteiger partial charge is 0.457 e. The lowest BCUT2D eigenvalue weighted by molar-refractivity contribution is -0.0773. The van der Waals surface area contributed by atoms with Crippen molar-refractivity contribution in [2.75, 3.05) is 13.1 Å². The monoisotopic (exact) mass is 207 g/mol. The van der Waals surface area contributed by atoms with Crippen molar-refractivity contribution in [3.63, 3.8) is 0 Å². The molecule has 1 saturated heterocycles. The van der Waals surface area contributed by atoms with Crippen LogP contribution < -0.4 is 0 Å². The van der Waals surface area contributed by atoms with E-state index in [1.165, 1.54) is 5.06 Å². The second-order valence-corrected chi connectivity index (χ2v) is 3.59. The van der Waals surface area contributed by atoms with E-state index in [0.717, 1.165) is 0 Å². The Morgan fingerprint density at radius 1 is 1.40 bits per heavy atom. The number of hydrogen-bond acceptors (Lipinski definition) is 4. The van der Waals surface area contributed by atoms with Crippen LogP contribution in [-0.4, -0.2) is 35.4 Å². The van der Waals surface area contributed by atoms with Crippen molar-refractivity contribution >= 4 is 5.97 Å². The van der Waals surface area contributed by atoms with E-state index >= 15 is 0 Å². The van der Waals surface area contributed by atoms with Crippen LogP contribution in [0.25, 0.3) is 0 Å². The van der Waals surface area contributed by atoms with Crippen LogP contribution in [0.15, 0.2) is 30.3 Å². The number of hydrogen-bond donors (Lipinski definition) is 1. The number of ether oxygens (including phenoxy) is 1. The predicted molar refractivity (Wildman–Crippen MR) is 53.6 cm³/mol. The van der Waals surface area contributed by atoms with Gasteiger partial charge in [0, 0.05) is 13.0 Å². The molecule has 0 radical (unpaired) electrons. The molecule has 15 heavy (non-hydrogen) atoms. The van der Waals surface area contributed by atoms with Gasteiger partial charge in [-0.2, -0.15) is 5.06 Å². The van der Waals surface area contributed by atoms with Gasteiger partial charge >= 0.3 is 5.97 Å². The van der Waals surface area contributed by atoms with Gasteiger partial charge in [0.05, 0.1) is 12.1 Å². The molecule has 1 aromatic carbocycles. The fourth-order valence-corrected chi connectivity index (χ4v) is 1.60. The zero-order valence-corrected chi connectivity index (χ0v) is 8.30. The minimum Gasteiger partial charge on any atom is -0.457 e. The maximum absolute atomic E-state index is 11.6. The molecule has 0 unspecified atom stereocenters. The van der Waals surface area contributed by atoms with Gasteiger partial charge in [0.25, 0.3) is 0 Å². The second-order valence-electron chi connectivity index (χ2n) is 3.59. The maximum Gasteiger partial charge on any atom is 0.338 e. The van der Waals surface area contributed by atoms with Gasteiger partial charge in [0.2, 0.25) is 0 Å². The van der Waals surface area contributed by atoms with Crippen LogP contribution >= 0.6 is 0 Å². The summed E-state index contributed by atoms with van der Waals surface area (Å²) >= 11 is 0. The molecule has 0 spiro atoms. The van der Waals surface area contributed by atoms with E-state index in [9.17, 15) is 4.79 Å². The van der Waals surface area contributed by atoms with Crippen molar-refractivity contribution in [3.05, 3.63) is 35.9 Å². The fraction of sp³-hybridized carbons (Fsp3) is 0.364. The summed E-state index contributed by atoms with van der Waals surface area (Å²) in [5, 5.41) is 10.3. The SMILES string of the molecule is O=C(O[C@H]1CCN(O)C1)c1ccccc1. The number of carbonyl (C=O) groups excluding carboxylic acids is 1. The number of benzene rings is 1. The Morgan fingerprint density at radius 3 is 2.73 bits per heavy atom. The second kappa shape index (κ2) is 4.42. The Kier molecular flexibility index (Phi) is 2.99. The van der Waals surface area contributed by atoms with Crippen LogP contribution in [0.2, 0.25) is 0 Å². The van der Waals surface area contributed by atoms with Gasteiger partial charge in [0.1, 0.15) is 6.10 Å². The summed E-state index contributed by atoms with van der Waals surface area (Å²) in [5.74, 6) is -0.323. The molecule has 1 fully saturated rings. The normalized spacial score (nSPS) is 21.5. The van der Waals surface area contributed by atoms with Gasteiger partial charge in [-0.25, -0.2) is 4.79 Å². The lowest BCUT2D eigenvalue weighted by Gasteiger charge is -2.11. The Bertz CT molecular complexity index is 339. The van der Waals surface area contributed by atoms with E-state index in [0.29, 0.717) is 25.1 Å². The Labute approximate surface area is 88.0 Å². The van der Waals surface area contributed by atoms with E-state index < -0.39 is 0 Å². The number of esters is 1. The molecule has 0 saturated carbocycles. The molecule has 2 rings (SSSR count).